The van der Waals surface area contributed by atoms with Gasteiger partial charge in [-0.3, -0.25) is 14.5 Å². The highest BCUT2D eigenvalue weighted by molar-refractivity contribution is 6.32. The van der Waals surface area contributed by atoms with Crippen molar-refractivity contribution >= 4 is 40.9 Å². The van der Waals surface area contributed by atoms with Gasteiger partial charge in [-0.05, 0) is 58.1 Å². The molecule has 5 N–H and O–H groups in total. The van der Waals surface area contributed by atoms with Gasteiger partial charge < -0.3 is 26.6 Å². The van der Waals surface area contributed by atoms with E-state index in [-0.39, 0.29) is 52.4 Å². The van der Waals surface area contributed by atoms with E-state index in [1.807, 2.05) is 17.9 Å². The Morgan fingerprint density at radius 3 is 2.41 bits per heavy atom. The quantitative estimate of drug-likeness (QED) is 0.489. The first-order valence-corrected chi connectivity index (χ1v) is 14.2. The first-order valence-electron chi connectivity index (χ1n) is 13.8. The Morgan fingerprint density at radius 2 is 1.77 bits per heavy atom. The van der Waals surface area contributed by atoms with E-state index in [9.17, 15) is 9.59 Å². The van der Waals surface area contributed by atoms with Crippen molar-refractivity contribution in [1.82, 2.24) is 30.1 Å². The predicted octanol–water partition coefficient (Wildman–Crippen LogP) is 2.48. The van der Waals surface area contributed by atoms with Crippen molar-refractivity contribution in [1.29, 1.82) is 0 Å². The van der Waals surface area contributed by atoms with Crippen LogP contribution in [0.15, 0.2) is 12.1 Å². The zero-order valence-electron chi connectivity index (χ0n) is 22.9. The van der Waals surface area contributed by atoms with Crippen LogP contribution in [-0.4, -0.2) is 86.9 Å². The molecule has 2 amide bonds. The molecule has 2 aliphatic heterocycles. The van der Waals surface area contributed by atoms with Gasteiger partial charge in [0.1, 0.15) is 5.82 Å². The number of likely N-dealkylation sites (tertiary alicyclic amines) is 1. The number of carbonyl (C=O) groups excluding carboxylic acids is 2. The minimum atomic E-state index is -0.327. The van der Waals surface area contributed by atoms with Crippen LogP contribution >= 0.6 is 11.6 Å². The predicted molar refractivity (Wildman–Crippen MR) is 152 cm³/mol. The monoisotopic (exact) mass is 555 g/mol. The van der Waals surface area contributed by atoms with Crippen molar-refractivity contribution in [3.05, 3.63) is 34.2 Å². The highest BCUT2D eigenvalue weighted by Crippen LogP contribution is 2.32. The molecule has 39 heavy (non-hydrogen) atoms. The van der Waals surface area contributed by atoms with Crippen LogP contribution in [0, 0.1) is 6.92 Å². The Balaban J connectivity index is 1.24. The van der Waals surface area contributed by atoms with Gasteiger partial charge in [0.25, 0.3) is 11.8 Å². The third kappa shape index (κ3) is 5.74. The molecule has 2 saturated heterocycles. The zero-order chi connectivity index (χ0) is 27.8. The third-order valence-corrected chi connectivity index (χ3v) is 8.39. The van der Waals surface area contributed by atoms with Crippen LogP contribution < -0.4 is 21.7 Å². The largest absolute Gasteiger partial charge is 0.383 e. The Kier molecular flexibility index (Phi) is 7.82. The molecule has 4 heterocycles. The van der Waals surface area contributed by atoms with E-state index in [0.717, 1.165) is 50.9 Å². The number of pyridine rings is 1. The van der Waals surface area contributed by atoms with E-state index in [1.54, 1.807) is 6.07 Å². The number of nitrogens with two attached hydrogens (primary N) is 2. The number of carbonyl (C=O) groups is 2. The number of aryl methyl sites for hydroxylation is 1. The minimum absolute atomic E-state index is 0.0521. The van der Waals surface area contributed by atoms with E-state index in [4.69, 9.17) is 23.1 Å². The number of amides is 2. The minimum Gasteiger partial charge on any atom is -0.383 e. The van der Waals surface area contributed by atoms with Crippen molar-refractivity contribution in [2.75, 3.05) is 42.5 Å². The summed E-state index contributed by atoms with van der Waals surface area (Å²) in [5, 5.41) is 3.09. The van der Waals surface area contributed by atoms with Gasteiger partial charge in [0.05, 0.1) is 5.56 Å². The van der Waals surface area contributed by atoms with Crippen molar-refractivity contribution in [3.63, 3.8) is 0 Å². The average molecular weight is 556 g/mol. The van der Waals surface area contributed by atoms with E-state index in [1.165, 1.54) is 0 Å². The maximum atomic E-state index is 13.1. The molecule has 1 saturated carbocycles. The number of aromatic nitrogens is 3. The normalized spacial score (nSPS) is 22.7. The Bertz CT molecular complexity index is 1250. The van der Waals surface area contributed by atoms with Crippen LogP contribution in [0.25, 0.3) is 0 Å². The van der Waals surface area contributed by atoms with E-state index >= 15 is 0 Å². The number of rotatable bonds is 6. The number of piperidine rings is 1. The van der Waals surface area contributed by atoms with Crippen LogP contribution in [0.4, 0.5) is 17.5 Å². The van der Waals surface area contributed by atoms with E-state index < -0.39 is 0 Å². The van der Waals surface area contributed by atoms with Crippen molar-refractivity contribution in [2.45, 2.75) is 77.0 Å². The molecule has 3 aliphatic rings. The second kappa shape index (κ2) is 11.1. The van der Waals surface area contributed by atoms with Gasteiger partial charge in [-0.15, -0.1) is 0 Å². The maximum Gasteiger partial charge on any atom is 0.274 e. The highest BCUT2D eigenvalue weighted by atomic mass is 35.5. The first kappa shape index (κ1) is 27.4. The lowest BCUT2D eigenvalue weighted by Crippen LogP contribution is -2.62. The van der Waals surface area contributed by atoms with Crippen LogP contribution in [0.3, 0.4) is 0 Å². The summed E-state index contributed by atoms with van der Waals surface area (Å²) in [7, 11) is 0. The van der Waals surface area contributed by atoms with Gasteiger partial charge in [-0.2, -0.15) is 0 Å². The molecule has 0 aromatic carbocycles. The smallest absolute Gasteiger partial charge is 0.274 e. The van der Waals surface area contributed by atoms with Gasteiger partial charge in [-0.1, -0.05) is 18.5 Å². The van der Waals surface area contributed by atoms with Crippen molar-refractivity contribution in [3.8, 4) is 0 Å². The second-order valence-corrected chi connectivity index (χ2v) is 11.3. The number of nitrogens with one attached hydrogen (secondary N) is 1. The molecule has 0 unspecified atom stereocenters. The van der Waals surface area contributed by atoms with Crippen LogP contribution in [0.5, 0.6) is 0 Å². The van der Waals surface area contributed by atoms with Crippen molar-refractivity contribution < 1.29 is 9.59 Å². The van der Waals surface area contributed by atoms with Gasteiger partial charge >= 0.3 is 0 Å². The average Bonchev–Trinajstić information content (AvgIpc) is 3.73. The Hall–Kier alpha value is -3.18. The van der Waals surface area contributed by atoms with Gasteiger partial charge in [0.2, 0.25) is 0 Å². The molecule has 2 atom stereocenters. The highest BCUT2D eigenvalue weighted by Gasteiger charge is 2.38. The zero-order valence-corrected chi connectivity index (χ0v) is 23.6. The standard InChI is InChI=1S/C27H38ClN9O2/c1-4-18-14-36(25-22(28)33-21(24(30)34-25)26(38)32-17-6-7-17)16(3)13-37(18)19-9-11-35(12-10-19)27(39)20-8-5-15(2)31-23(20)29/h5,8,16-19H,4,6-7,9-14H2,1-3H3,(H2,29,31)(H2,30,34)(H,32,38)/t16-,18+/m1/s1. The lowest BCUT2D eigenvalue weighted by Gasteiger charge is -2.50. The number of anilines is 3. The number of halogens is 1. The third-order valence-electron chi connectivity index (χ3n) is 8.13. The molecule has 5 rings (SSSR count). The second-order valence-electron chi connectivity index (χ2n) is 11.0. The molecular weight excluding hydrogens is 518 g/mol. The topological polar surface area (TPSA) is 147 Å². The molecule has 0 bridgehead atoms. The van der Waals surface area contributed by atoms with Crippen LogP contribution in [0.1, 0.15) is 72.5 Å². The van der Waals surface area contributed by atoms with Crippen LogP contribution in [-0.2, 0) is 0 Å². The number of piperazine rings is 1. The molecule has 12 heteroatoms. The molecule has 2 aromatic rings. The number of hydrogen-bond donors (Lipinski definition) is 3. The lowest BCUT2D eigenvalue weighted by molar-refractivity contribution is 0.0435. The fraction of sp³-hybridized carbons (Fsp3) is 0.593. The summed E-state index contributed by atoms with van der Waals surface area (Å²) in [6.45, 7) is 9.11. The summed E-state index contributed by atoms with van der Waals surface area (Å²) < 4.78 is 0. The summed E-state index contributed by atoms with van der Waals surface area (Å²) in [6.07, 6.45) is 4.69. The first-order chi connectivity index (χ1) is 18.7. The molecule has 210 valence electrons. The molecule has 3 fully saturated rings. The summed E-state index contributed by atoms with van der Waals surface area (Å²) in [6, 6.07) is 4.55. The summed E-state index contributed by atoms with van der Waals surface area (Å²) >= 11 is 6.57. The number of nitrogen functional groups attached to an aromatic ring is 2. The molecule has 0 radical (unpaired) electrons. The van der Waals surface area contributed by atoms with Crippen molar-refractivity contribution in [2.24, 2.45) is 0 Å². The summed E-state index contributed by atoms with van der Waals surface area (Å²) in [4.78, 5) is 45.4. The molecule has 1 aliphatic carbocycles. The van der Waals surface area contributed by atoms with Gasteiger partial charge in [0.15, 0.2) is 22.5 Å². The fourth-order valence-electron chi connectivity index (χ4n) is 5.75. The molecule has 2 aromatic heterocycles. The lowest BCUT2D eigenvalue weighted by atomic mass is 9.96. The Labute approximate surface area is 234 Å². The van der Waals surface area contributed by atoms with E-state index in [2.05, 4.69) is 43.9 Å². The molecule has 0 spiro atoms. The summed E-state index contributed by atoms with van der Waals surface area (Å²) in [5.74, 6) is 0.524. The summed E-state index contributed by atoms with van der Waals surface area (Å²) in [5.41, 5.74) is 13.6. The maximum absolute atomic E-state index is 13.1. The molecular formula is C27H38ClN9O2. The van der Waals surface area contributed by atoms with Gasteiger partial charge in [0, 0.05) is 56.0 Å². The number of nitrogens with zero attached hydrogens (tertiary/aromatic N) is 6. The van der Waals surface area contributed by atoms with Crippen LogP contribution in [0.2, 0.25) is 5.15 Å². The number of hydrogen-bond acceptors (Lipinski definition) is 9. The SMILES string of the molecule is CC[C@H]1CN(c2nc(N)c(C(=O)NC3CC3)nc2Cl)[C@H](C)CN1C1CCN(C(=O)c2ccc(C)nc2N)CC1. The fourth-order valence-corrected chi connectivity index (χ4v) is 5.98. The Morgan fingerprint density at radius 1 is 1.05 bits per heavy atom. The molecule has 11 nitrogen and oxygen atoms in total. The van der Waals surface area contributed by atoms with E-state index in [0.29, 0.717) is 30.5 Å². The van der Waals surface area contributed by atoms with Gasteiger partial charge in [-0.25, -0.2) is 15.0 Å².